The highest BCUT2D eigenvalue weighted by molar-refractivity contribution is 7.91. The molecule has 0 aliphatic carbocycles. The van der Waals surface area contributed by atoms with Crippen molar-refractivity contribution in [1.82, 2.24) is 20.5 Å². The van der Waals surface area contributed by atoms with E-state index in [0.29, 0.717) is 18.8 Å². The Bertz CT molecular complexity index is 669. The van der Waals surface area contributed by atoms with E-state index in [4.69, 9.17) is 0 Å². The van der Waals surface area contributed by atoms with Gasteiger partial charge in [-0.25, -0.2) is 13.4 Å². The fourth-order valence-corrected chi connectivity index (χ4v) is 2.99. The summed E-state index contributed by atoms with van der Waals surface area (Å²) >= 11 is 0. The van der Waals surface area contributed by atoms with Gasteiger partial charge in [0.05, 0.1) is 10.6 Å². The maximum atomic E-state index is 12.0. The van der Waals surface area contributed by atoms with E-state index < -0.39 is 9.84 Å². The third-order valence-electron chi connectivity index (χ3n) is 2.85. The quantitative estimate of drug-likeness (QED) is 0.767. The molecule has 21 heavy (non-hydrogen) atoms. The first-order valence-electron chi connectivity index (χ1n) is 6.47. The first-order chi connectivity index (χ1) is 10.1. The van der Waals surface area contributed by atoms with Crippen LogP contribution in [0.4, 0.5) is 0 Å². The third-order valence-corrected chi connectivity index (χ3v) is 4.58. The third kappa shape index (κ3) is 4.67. The van der Waals surface area contributed by atoms with Crippen LogP contribution in [0.15, 0.2) is 41.6 Å². The fraction of sp³-hybridized carbons (Fsp3) is 0.308. The average molecular weight is 308 g/mol. The van der Waals surface area contributed by atoms with Crippen molar-refractivity contribution in [1.29, 1.82) is 0 Å². The molecular formula is C13H16N4O3S. The molecule has 2 rings (SSSR count). The van der Waals surface area contributed by atoms with Gasteiger partial charge in [-0.2, -0.15) is 5.10 Å². The van der Waals surface area contributed by atoms with Crippen molar-refractivity contribution in [3.05, 3.63) is 42.5 Å². The maximum absolute atomic E-state index is 12.0. The molecule has 112 valence electrons. The number of carbonyl (C=O) groups excluding carboxylic acids is 1. The van der Waals surface area contributed by atoms with Crippen molar-refractivity contribution >= 4 is 15.7 Å². The summed E-state index contributed by atoms with van der Waals surface area (Å²) < 4.78 is 24.0. The Balaban J connectivity index is 1.76. The molecule has 0 radical (unpaired) electrons. The highest BCUT2D eigenvalue weighted by atomic mass is 32.2. The van der Waals surface area contributed by atoms with Gasteiger partial charge in [0.25, 0.3) is 0 Å². The number of carbonyl (C=O) groups is 1. The van der Waals surface area contributed by atoms with Gasteiger partial charge in [0.2, 0.25) is 5.91 Å². The van der Waals surface area contributed by atoms with Crippen LogP contribution in [0.25, 0.3) is 0 Å². The van der Waals surface area contributed by atoms with Crippen LogP contribution in [0.2, 0.25) is 0 Å². The largest absolute Gasteiger partial charge is 0.356 e. The van der Waals surface area contributed by atoms with Gasteiger partial charge in [-0.3, -0.25) is 9.89 Å². The van der Waals surface area contributed by atoms with Gasteiger partial charge in [0, 0.05) is 19.4 Å². The number of sulfone groups is 1. The van der Waals surface area contributed by atoms with E-state index in [1.807, 2.05) is 0 Å². The standard InChI is InChI=1S/C13H16N4O3S/c18-13(14-8-6-12-15-10-16-17-12)7-9-21(19,20)11-4-2-1-3-5-11/h1-5,10H,6-9H2,(H,14,18)(H,15,16,17). The van der Waals surface area contributed by atoms with Crippen LogP contribution >= 0.6 is 0 Å². The normalized spacial score (nSPS) is 11.2. The second-order valence-corrected chi connectivity index (χ2v) is 6.52. The van der Waals surface area contributed by atoms with E-state index in [-0.39, 0.29) is 23.0 Å². The Morgan fingerprint density at radius 1 is 1.24 bits per heavy atom. The van der Waals surface area contributed by atoms with Gasteiger partial charge in [-0.15, -0.1) is 0 Å². The van der Waals surface area contributed by atoms with Gasteiger partial charge >= 0.3 is 0 Å². The number of rotatable bonds is 7. The zero-order valence-corrected chi connectivity index (χ0v) is 12.1. The summed E-state index contributed by atoms with van der Waals surface area (Å²) in [6.07, 6.45) is 1.86. The lowest BCUT2D eigenvalue weighted by atomic mass is 10.4. The summed E-state index contributed by atoms with van der Waals surface area (Å²) in [5.74, 6) is 0.173. The lowest BCUT2D eigenvalue weighted by Gasteiger charge is -2.05. The van der Waals surface area contributed by atoms with Crippen molar-refractivity contribution in [2.24, 2.45) is 0 Å². The maximum Gasteiger partial charge on any atom is 0.221 e. The summed E-state index contributed by atoms with van der Waals surface area (Å²) in [6.45, 7) is 0.388. The minimum atomic E-state index is -3.41. The van der Waals surface area contributed by atoms with Crippen molar-refractivity contribution in [3.8, 4) is 0 Å². The zero-order valence-electron chi connectivity index (χ0n) is 11.3. The van der Waals surface area contributed by atoms with Gasteiger partial charge in [0.15, 0.2) is 9.84 Å². The number of hydrogen-bond donors (Lipinski definition) is 2. The molecular weight excluding hydrogens is 292 g/mol. The Morgan fingerprint density at radius 2 is 2.00 bits per heavy atom. The molecule has 0 atom stereocenters. The number of benzene rings is 1. The molecule has 8 heteroatoms. The summed E-state index contributed by atoms with van der Waals surface area (Å²) in [7, 11) is -3.41. The molecule has 2 aromatic rings. The number of H-pyrrole nitrogens is 1. The summed E-state index contributed by atoms with van der Waals surface area (Å²) in [6, 6.07) is 8.11. The van der Waals surface area contributed by atoms with E-state index in [1.54, 1.807) is 18.2 Å². The molecule has 0 bridgehead atoms. The molecule has 7 nitrogen and oxygen atoms in total. The molecule has 1 aromatic heterocycles. The second-order valence-electron chi connectivity index (χ2n) is 4.41. The Morgan fingerprint density at radius 3 is 2.67 bits per heavy atom. The molecule has 2 N–H and O–H groups in total. The van der Waals surface area contributed by atoms with Crippen molar-refractivity contribution in [2.45, 2.75) is 17.7 Å². The molecule has 1 heterocycles. The van der Waals surface area contributed by atoms with E-state index >= 15 is 0 Å². The van der Waals surface area contributed by atoms with Gasteiger partial charge in [0.1, 0.15) is 12.2 Å². The van der Waals surface area contributed by atoms with Crippen LogP contribution in [0.5, 0.6) is 0 Å². The number of aromatic nitrogens is 3. The SMILES string of the molecule is O=C(CCS(=O)(=O)c1ccccc1)NCCc1ncn[nH]1. The second kappa shape index (κ2) is 6.98. The first-order valence-corrected chi connectivity index (χ1v) is 8.12. The predicted molar refractivity (Wildman–Crippen MR) is 76.2 cm³/mol. The van der Waals surface area contributed by atoms with Crippen LogP contribution < -0.4 is 5.32 Å². The Labute approximate surface area is 122 Å². The molecule has 0 unspecified atom stereocenters. The number of aromatic amines is 1. The Kier molecular flexibility index (Phi) is 5.04. The van der Waals surface area contributed by atoms with E-state index in [9.17, 15) is 13.2 Å². The zero-order chi connectivity index (χ0) is 15.1. The summed E-state index contributed by atoms with van der Waals surface area (Å²) in [5, 5.41) is 9.03. The average Bonchev–Trinajstić information content (AvgIpc) is 2.99. The van der Waals surface area contributed by atoms with Crippen LogP contribution in [0, 0.1) is 0 Å². The Hall–Kier alpha value is -2.22. The lowest BCUT2D eigenvalue weighted by molar-refractivity contribution is -0.120. The summed E-state index contributed by atoms with van der Waals surface area (Å²) in [4.78, 5) is 15.8. The number of hydrogen-bond acceptors (Lipinski definition) is 5. The summed E-state index contributed by atoms with van der Waals surface area (Å²) in [5.41, 5.74) is 0. The smallest absolute Gasteiger partial charge is 0.221 e. The minimum absolute atomic E-state index is 0.0619. The van der Waals surface area contributed by atoms with Gasteiger partial charge in [-0.05, 0) is 12.1 Å². The molecule has 0 saturated carbocycles. The van der Waals surface area contributed by atoms with Crippen LogP contribution in [0.3, 0.4) is 0 Å². The lowest BCUT2D eigenvalue weighted by Crippen LogP contribution is -2.27. The van der Waals surface area contributed by atoms with E-state index in [1.165, 1.54) is 18.5 Å². The monoisotopic (exact) mass is 308 g/mol. The van der Waals surface area contributed by atoms with Crippen molar-refractivity contribution in [2.75, 3.05) is 12.3 Å². The minimum Gasteiger partial charge on any atom is -0.356 e. The van der Waals surface area contributed by atoms with Crippen molar-refractivity contribution in [3.63, 3.8) is 0 Å². The highest BCUT2D eigenvalue weighted by Gasteiger charge is 2.15. The molecule has 0 saturated heterocycles. The van der Waals surface area contributed by atoms with Crippen LogP contribution in [-0.4, -0.2) is 41.8 Å². The predicted octanol–water partition coefficient (Wildman–Crippen LogP) is 0.327. The van der Waals surface area contributed by atoms with Crippen LogP contribution in [0.1, 0.15) is 12.2 Å². The fourth-order valence-electron chi connectivity index (χ4n) is 1.73. The van der Waals surface area contributed by atoms with Gasteiger partial charge < -0.3 is 5.32 Å². The molecule has 1 amide bonds. The van der Waals surface area contributed by atoms with Crippen LogP contribution in [-0.2, 0) is 21.1 Å². The topological polar surface area (TPSA) is 105 Å². The van der Waals surface area contributed by atoms with Gasteiger partial charge in [-0.1, -0.05) is 18.2 Å². The van der Waals surface area contributed by atoms with E-state index in [2.05, 4.69) is 20.5 Å². The highest BCUT2D eigenvalue weighted by Crippen LogP contribution is 2.10. The molecule has 0 fully saturated rings. The number of nitrogens with zero attached hydrogens (tertiary/aromatic N) is 2. The van der Waals surface area contributed by atoms with Crippen molar-refractivity contribution < 1.29 is 13.2 Å². The molecule has 0 aliphatic rings. The first kappa shape index (κ1) is 15.2. The number of nitrogens with one attached hydrogen (secondary N) is 2. The molecule has 0 aliphatic heterocycles. The molecule has 0 spiro atoms. The molecule has 1 aromatic carbocycles. The van der Waals surface area contributed by atoms with E-state index in [0.717, 1.165) is 0 Å². The number of amides is 1.